The molecule has 1 heterocycles. The van der Waals surface area contributed by atoms with E-state index >= 15 is 0 Å². The molecule has 0 bridgehead atoms. The fraction of sp³-hybridized carbons (Fsp3) is 0.467. The monoisotopic (exact) mass is 259 g/mol. The van der Waals surface area contributed by atoms with E-state index in [1.165, 1.54) is 0 Å². The van der Waals surface area contributed by atoms with Crippen LogP contribution < -0.4 is 5.32 Å². The van der Waals surface area contributed by atoms with Gasteiger partial charge in [0.2, 0.25) is 5.91 Å². The Balaban J connectivity index is 2.10. The lowest BCUT2D eigenvalue weighted by atomic mass is 10.2. The number of carbonyl (C=O) groups is 1. The van der Waals surface area contributed by atoms with Gasteiger partial charge in [0.1, 0.15) is 5.82 Å². The molecule has 0 saturated carbocycles. The number of H-pyrrole nitrogens is 1. The molecule has 4 nitrogen and oxygen atoms in total. The van der Waals surface area contributed by atoms with Crippen molar-refractivity contribution in [3.8, 4) is 0 Å². The van der Waals surface area contributed by atoms with Gasteiger partial charge in [-0.1, -0.05) is 26.8 Å². The number of imidazole rings is 1. The maximum absolute atomic E-state index is 11.4. The van der Waals surface area contributed by atoms with Crippen molar-refractivity contribution < 1.29 is 4.79 Å². The summed E-state index contributed by atoms with van der Waals surface area (Å²) in [6, 6.07) is 6.07. The number of aromatic nitrogens is 2. The minimum atomic E-state index is 0.107. The first kappa shape index (κ1) is 13.6. The molecule has 1 aromatic carbocycles. The van der Waals surface area contributed by atoms with Crippen LogP contribution in [0.3, 0.4) is 0 Å². The van der Waals surface area contributed by atoms with Crippen LogP contribution in [0.2, 0.25) is 0 Å². The fourth-order valence-electron chi connectivity index (χ4n) is 1.98. The minimum absolute atomic E-state index is 0.107. The molecular weight excluding hydrogens is 238 g/mol. The smallest absolute Gasteiger partial charge is 0.220 e. The van der Waals surface area contributed by atoms with E-state index in [0.29, 0.717) is 18.9 Å². The Morgan fingerprint density at radius 1 is 1.42 bits per heavy atom. The van der Waals surface area contributed by atoms with Crippen molar-refractivity contribution in [2.75, 3.05) is 0 Å². The first-order valence-corrected chi connectivity index (χ1v) is 6.85. The number of amides is 1. The lowest BCUT2D eigenvalue weighted by Crippen LogP contribution is -2.21. The molecule has 19 heavy (non-hydrogen) atoms. The summed E-state index contributed by atoms with van der Waals surface area (Å²) in [6.45, 7) is 6.81. The van der Waals surface area contributed by atoms with Gasteiger partial charge in [0.15, 0.2) is 0 Å². The Morgan fingerprint density at radius 3 is 2.89 bits per heavy atom. The molecule has 2 rings (SSSR count). The largest absolute Gasteiger partial charge is 0.352 e. The molecular formula is C15H21N3O. The summed E-state index contributed by atoms with van der Waals surface area (Å²) in [6.07, 6.45) is 1.47. The third kappa shape index (κ3) is 3.34. The SMILES string of the molecule is CCCC(=O)NCc1ccc2nc(C(C)C)[nH]c2c1. The van der Waals surface area contributed by atoms with E-state index in [1.807, 2.05) is 19.1 Å². The van der Waals surface area contributed by atoms with Crippen molar-refractivity contribution in [3.63, 3.8) is 0 Å². The third-order valence-corrected chi connectivity index (χ3v) is 3.08. The van der Waals surface area contributed by atoms with Gasteiger partial charge < -0.3 is 10.3 Å². The zero-order valence-corrected chi connectivity index (χ0v) is 11.8. The number of hydrogen-bond acceptors (Lipinski definition) is 2. The van der Waals surface area contributed by atoms with E-state index in [-0.39, 0.29) is 5.91 Å². The molecule has 0 saturated heterocycles. The second-order valence-corrected chi connectivity index (χ2v) is 5.15. The Bertz CT molecular complexity index is 572. The lowest BCUT2D eigenvalue weighted by Gasteiger charge is -2.04. The van der Waals surface area contributed by atoms with Crippen LogP contribution in [0.4, 0.5) is 0 Å². The van der Waals surface area contributed by atoms with Crippen LogP contribution in [0.25, 0.3) is 11.0 Å². The van der Waals surface area contributed by atoms with Crippen molar-refractivity contribution in [1.82, 2.24) is 15.3 Å². The number of fused-ring (bicyclic) bond motifs is 1. The Morgan fingerprint density at radius 2 is 2.21 bits per heavy atom. The van der Waals surface area contributed by atoms with Crippen molar-refractivity contribution in [2.45, 2.75) is 46.1 Å². The van der Waals surface area contributed by atoms with Gasteiger partial charge in [0, 0.05) is 18.9 Å². The second-order valence-electron chi connectivity index (χ2n) is 5.15. The van der Waals surface area contributed by atoms with Crippen LogP contribution in [0, 0.1) is 0 Å². The van der Waals surface area contributed by atoms with Gasteiger partial charge in [-0.3, -0.25) is 4.79 Å². The molecule has 1 aromatic heterocycles. The lowest BCUT2D eigenvalue weighted by molar-refractivity contribution is -0.121. The van der Waals surface area contributed by atoms with Crippen LogP contribution in [0.15, 0.2) is 18.2 Å². The quantitative estimate of drug-likeness (QED) is 0.866. The summed E-state index contributed by atoms with van der Waals surface area (Å²) >= 11 is 0. The van der Waals surface area contributed by atoms with Crippen LogP contribution in [-0.4, -0.2) is 15.9 Å². The molecule has 0 atom stereocenters. The highest BCUT2D eigenvalue weighted by Gasteiger charge is 2.07. The Hall–Kier alpha value is -1.84. The highest BCUT2D eigenvalue weighted by atomic mass is 16.1. The maximum atomic E-state index is 11.4. The number of hydrogen-bond donors (Lipinski definition) is 2. The number of benzene rings is 1. The molecule has 0 aliphatic heterocycles. The normalized spacial score (nSPS) is 11.2. The van der Waals surface area contributed by atoms with Crippen LogP contribution in [-0.2, 0) is 11.3 Å². The Labute approximate surface area is 113 Å². The van der Waals surface area contributed by atoms with E-state index in [0.717, 1.165) is 28.8 Å². The zero-order chi connectivity index (χ0) is 13.8. The maximum Gasteiger partial charge on any atom is 0.220 e. The van der Waals surface area contributed by atoms with Crippen molar-refractivity contribution in [1.29, 1.82) is 0 Å². The molecule has 0 aliphatic carbocycles. The Kier molecular flexibility index (Phi) is 4.20. The standard InChI is InChI=1S/C15H21N3O/c1-4-5-14(19)16-9-11-6-7-12-13(8-11)18-15(17-12)10(2)3/h6-8,10H,4-5,9H2,1-3H3,(H,16,19)(H,17,18). The summed E-state index contributed by atoms with van der Waals surface area (Å²) in [5, 5.41) is 2.92. The predicted molar refractivity (Wildman–Crippen MR) is 76.9 cm³/mol. The van der Waals surface area contributed by atoms with Gasteiger partial charge in [-0.05, 0) is 24.1 Å². The molecule has 0 aliphatic rings. The van der Waals surface area contributed by atoms with E-state index < -0.39 is 0 Å². The number of rotatable bonds is 5. The first-order chi connectivity index (χ1) is 9.10. The molecule has 0 radical (unpaired) electrons. The van der Waals surface area contributed by atoms with E-state index in [4.69, 9.17) is 0 Å². The number of aromatic amines is 1. The average Bonchev–Trinajstić information content (AvgIpc) is 2.80. The number of carbonyl (C=O) groups excluding carboxylic acids is 1. The number of nitrogens with one attached hydrogen (secondary N) is 2. The van der Waals surface area contributed by atoms with Gasteiger partial charge >= 0.3 is 0 Å². The molecule has 2 N–H and O–H groups in total. The molecule has 0 spiro atoms. The van der Waals surface area contributed by atoms with Crippen molar-refractivity contribution >= 4 is 16.9 Å². The van der Waals surface area contributed by atoms with Gasteiger partial charge in [-0.25, -0.2) is 4.98 Å². The summed E-state index contributed by atoms with van der Waals surface area (Å²) in [4.78, 5) is 19.3. The number of nitrogens with zero attached hydrogens (tertiary/aromatic N) is 1. The fourth-order valence-corrected chi connectivity index (χ4v) is 1.98. The molecule has 4 heteroatoms. The van der Waals surface area contributed by atoms with Crippen molar-refractivity contribution in [3.05, 3.63) is 29.6 Å². The van der Waals surface area contributed by atoms with E-state index in [1.54, 1.807) is 0 Å². The van der Waals surface area contributed by atoms with E-state index in [9.17, 15) is 4.79 Å². The summed E-state index contributed by atoms with van der Waals surface area (Å²) in [5.74, 6) is 1.50. The summed E-state index contributed by atoms with van der Waals surface area (Å²) in [5.41, 5.74) is 3.11. The molecule has 0 unspecified atom stereocenters. The average molecular weight is 259 g/mol. The highest BCUT2D eigenvalue weighted by molar-refractivity contribution is 5.77. The minimum Gasteiger partial charge on any atom is -0.352 e. The van der Waals surface area contributed by atoms with Gasteiger partial charge in [0.25, 0.3) is 0 Å². The molecule has 2 aromatic rings. The molecule has 0 fully saturated rings. The third-order valence-electron chi connectivity index (χ3n) is 3.08. The topological polar surface area (TPSA) is 57.8 Å². The van der Waals surface area contributed by atoms with Gasteiger partial charge in [0.05, 0.1) is 11.0 Å². The predicted octanol–water partition coefficient (Wildman–Crippen LogP) is 3.10. The molecule has 1 amide bonds. The summed E-state index contributed by atoms with van der Waals surface area (Å²) in [7, 11) is 0. The second kappa shape index (κ2) is 5.87. The zero-order valence-electron chi connectivity index (χ0n) is 11.8. The van der Waals surface area contributed by atoms with Gasteiger partial charge in [-0.15, -0.1) is 0 Å². The highest BCUT2D eigenvalue weighted by Crippen LogP contribution is 2.18. The van der Waals surface area contributed by atoms with Gasteiger partial charge in [-0.2, -0.15) is 0 Å². The van der Waals surface area contributed by atoms with Crippen molar-refractivity contribution in [2.24, 2.45) is 0 Å². The van der Waals surface area contributed by atoms with E-state index in [2.05, 4.69) is 35.2 Å². The summed E-state index contributed by atoms with van der Waals surface area (Å²) < 4.78 is 0. The van der Waals surface area contributed by atoms with Crippen LogP contribution >= 0.6 is 0 Å². The molecule has 102 valence electrons. The van der Waals surface area contributed by atoms with Crippen LogP contribution in [0.1, 0.15) is 50.9 Å². The van der Waals surface area contributed by atoms with Crippen LogP contribution in [0.5, 0.6) is 0 Å². The first-order valence-electron chi connectivity index (χ1n) is 6.85.